The number of carbonyl (C=O) groups excluding carboxylic acids is 1. The number of hydrogen-bond donors (Lipinski definition) is 1. The first-order valence-electron chi connectivity index (χ1n) is 4.91. The molecule has 0 saturated heterocycles. The van der Waals surface area contributed by atoms with Crippen molar-refractivity contribution in [3.05, 3.63) is 35.9 Å². The Labute approximate surface area is 94.5 Å². The molecule has 0 spiro atoms. The summed E-state index contributed by atoms with van der Waals surface area (Å²) in [6, 6.07) is 9.38. The predicted molar refractivity (Wildman–Crippen MR) is 63.1 cm³/mol. The zero-order valence-electron chi connectivity index (χ0n) is 9.36. The number of nitrogens with one attached hydrogen (secondary N) is 1. The highest BCUT2D eigenvalue weighted by atomic mass is 16.5. The van der Waals surface area contributed by atoms with Crippen LogP contribution < -0.4 is 0 Å². The summed E-state index contributed by atoms with van der Waals surface area (Å²) < 4.78 is 4.93. The number of carbonyl (C=O) groups is 1. The van der Waals surface area contributed by atoms with Crippen LogP contribution in [0.15, 0.2) is 35.3 Å². The van der Waals surface area contributed by atoms with Crippen molar-refractivity contribution in [1.82, 2.24) is 0 Å². The second-order valence-corrected chi connectivity index (χ2v) is 3.36. The molecule has 0 aliphatic carbocycles. The molecule has 0 radical (unpaired) electrons. The molecule has 1 N–H and O–H groups in total. The Hall–Kier alpha value is -1.97. The summed E-state index contributed by atoms with van der Waals surface area (Å²) in [6.07, 6.45) is -0.659. The maximum atomic E-state index is 11.2. The van der Waals surface area contributed by atoms with Gasteiger partial charge in [-0.1, -0.05) is 30.3 Å². The molecule has 84 valence electrons. The smallest absolute Gasteiger partial charge is 0.434 e. The molecule has 4 heteroatoms. The van der Waals surface area contributed by atoms with Crippen molar-refractivity contribution >= 4 is 17.5 Å². The summed E-state index contributed by atoms with van der Waals surface area (Å²) >= 11 is 0. The maximum Gasteiger partial charge on any atom is 0.434 e. The van der Waals surface area contributed by atoms with Gasteiger partial charge in [0.25, 0.3) is 0 Å². The van der Waals surface area contributed by atoms with Crippen LogP contribution in [-0.4, -0.2) is 17.5 Å². The molecule has 0 aliphatic rings. The quantitative estimate of drug-likeness (QED) is 0.793. The first-order chi connectivity index (χ1) is 7.59. The lowest BCUT2D eigenvalue weighted by atomic mass is 10.2. The molecule has 0 aromatic heterocycles. The van der Waals surface area contributed by atoms with Crippen molar-refractivity contribution in [3.63, 3.8) is 0 Å². The molecule has 0 fully saturated rings. The zero-order chi connectivity index (χ0) is 12.0. The van der Waals surface area contributed by atoms with Crippen molar-refractivity contribution in [2.45, 2.75) is 20.5 Å². The van der Waals surface area contributed by atoms with E-state index < -0.39 is 6.09 Å². The molecule has 1 rings (SSSR count). The van der Waals surface area contributed by atoms with Gasteiger partial charge in [0, 0.05) is 5.71 Å². The lowest BCUT2D eigenvalue weighted by Gasteiger charge is -2.02. The number of hydrogen-bond acceptors (Lipinski definition) is 3. The fourth-order valence-corrected chi connectivity index (χ4v) is 0.972. The number of aliphatic imine (C=N–C) groups is 1. The second-order valence-electron chi connectivity index (χ2n) is 3.36. The predicted octanol–water partition coefficient (Wildman–Crippen LogP) is 2.82. The SMILES string of the molecule is CC(=N)C(C)=NC(=O)OCc1ccccc1. The molecule has 0 unspecified atom stereocenters. The molecule has 0 atom stereocenters. The molecule has 16 heavy (non-hydrogen) atoms. The van der Waals surface area contributed by atoms with Gasteiger partial charge in [-0.25, -0.2) is 4.79 Å². The summed E-state index contributed by atoms with van der Waals surface area (Å²) in [6.45, 7) is 3.38. The summed E-state index contributed by atoms with van der Waals surface area (Å²) in [7, 11) is 0. The molecule has 1 aromatic carbocycles. The van der Waals surface area contributed by atoms with E-state index in [2.05, 4.69) is 4.99 Å². The van der Waals surface area contributed by atoms with Crippen molar-refractivity contribution in [1.29, 1.82) is 5.41 Å². The third kappa shape index (κ3) is 4.04. The highest BCUT2D eigenvalue weighted by molar-refractivity contribution is 6.40. The Morgan fingerprint density at radius 2 is 1.94 bits per heavy atom. The maximum absolute atomic E-state index is 11.2. The highest BCUT2D eigenvalue weighted by Crippen LogP contribution is 2.01. The van der Waals surface area contributed by atoms with E-state index in [0.29, 0.717) is 5.71 Å². The number of amides is 1. The number of ether oxygens (including phenoxy) is 1. The number of rotatable bonds is 3. The van der Waals surface area contributed by atoms with Gasteiger partial charge in [0.15, 0.2) is 0 Å². The van der Waals surface area contributed by atoms with Gasteiger partial charge in [-0.2, -0.15) is 4.99 Å². The number of nitrogens with zero attached hydrogens (tertiary/aromatic N) is 1. The largest absolute Gasteiger partial charge is 0.443 e. The van der Waals surface area contributed by atoms with Crippen molar-refractivity contribution in [2.75, 3.05) is 0 Å². The lowest BCUT2D eigenvalue weighted by Crippen LogP contribution is -2.08. The van der Waals surface area contributed by atoms with Crippen LogP contribution in [0.25, 0.3) is 0 Å². The fraction of sp³-hybridized carbons (Fsp3) is 0.250. The van der Waals surface area contributed by atoms with E-state index >= 15 is 0 Å². The summed E-state index contributed by atoms with van der Waals surface area (Å²) in [5.74, 6) is 0. The van der Waals surface area contributed by atoms with Gasteiger partial charge >= 0.3 is 6.09 Å². The van der Waals surface area contributed by atoms with E-state index in [4.69, 9.17) is 10.1 Å². The van der Waals surface area contributed by atoms with Crippen LogP contribution in [0.2, 0.25) is 0 Å². The van der Waals surface area contributed by atoms with Gasteiger partial charge in [0.1, 0.15) is 6.61 Å². The van der Waals surface area contributed by atoms with Crippen LogP contribution in [0, 0.1) is 5.41 Å². The molecule has 1 amide bonds. The van der Waals surface area contributed by atoms with Crippen LogP contribution in [0.3, 0.4) is 0 Å². The Morgan fingerprint density at radius 1 is 1.31 bits per heavy atom. The van der Waals surface area contributed by atoms with Crippen LogP contribution in [-0.2, 0) is 11.3 Å². The second kappa shape index (κ2) is 5.80. The van der Waals surface area contributed by atoms with E-state index in [0.717, 1.165) is 5.56 Å². The minimum Gasteiger partial charge on any atom is -0.443 e. The molecule has 0 saturated carbocycles. The highest BCUT2D eigenvalue weighted by Gasteiger charge is 2.02. The Kier molecular flexibility index (Phi) is 4.39. The van der Waals surface area contributed by atoms with Crippen molar-refractivity contribution < 1.29 is 9.53 Å². The third-order valence-corrected chi connectivity index (χ3v) is 2.01. The van der Waals surface area contributed by atoms with Gasteiger partial charge in [-0.05, 0) is 19.4 Å². The number of benzene rings is 1. The molecule has 1 aromatic rings. The Bertz CT molecular complexity index is 410. The average Bonchev–Trinajstić information content (AvgIpc) is 2.27. The summed E-state index contributed by atoms with van der Waals surface area (Å²) in [4.78, 5) is 14.8. The van der Waals surface area contributed by atoms with E-state index in [1.54, 1.807) is 13.8 Å². The van der Waals surface area contributed by atoms with E-state index in [9.17, 15) is 4.79 Å². The molecule has 4 nitrogen and oxygen atoms in total. The minimum absolute atomic E-state index is 0.202. The van der Waals surface area contributed by atoms with E-state index in [1.165, 1.54) is 0 Å². The van der Waals surface area contributed by atoms with Gasteiger partial charge in [-0.15, -0.1) is 0 Å². The molecular formula is C12H14N2O2. The van der Waals surface area contributed by atoms with Gasteiger partial charge in [-0.3, -0.25) is 0 Å². The average molecular weight is 218 g/mol. The summed E-state index contributed by atoms with van der Waals surface area (Å²) in [5.41, 5.74) is 1.55. The zero-order valence-corrected chi connectivity index (χ0v) is 9.36. The summed E-state index contributed by atoms with van der Waals surface area (Å²) in [5, 5.41) is 7.25. The Balaban J connectivity index is 2.48. The first-order valence-corrected chi connectivity index (χ1v) is 4.91. The van der Waals surface area contributed by atoms with Crippen LogP contribution >= 0.6 is 0 Å². The monoisotopic (exact) mass is 218 g/mol. The normalized spacial score (nSPS) is 11.0. The van der Waals surface area contributed by atoms with Gasteiger partial charge < -0.3 is 10.1 Å². The van der Waals surface area contributed by atoms with Gasteiger partial charge in [0.05, 0.1) is 5.71 Å². The molecule has 0 bridgehead atoms. The third-order valence-electron chi connectivity index (χ3n) is 2.01. The van der Waals surface area contributed by atoms with Crippen LogP contribution in [0.4, 0.5) is 4.79 Å². The van der Waals surface area contributed by atoms with Gasteiger partial charge in [0.2, 0.25) is 0 Å². The minimum atomic E-state index is -0.659. The lowest BCUT2D eigenvalue weighted by molar-refractivity contribution is 0.151. The fourth-order valence-electron chi connectivity index (χ4n) is 0.972. The van der Waals surface area contributed by atoms with Crippen LogP contribution in [0.1, 0.15) is 19.4 Å². The molecule has 0 aliphatic heterocycles. The van der Waals surface area contributed by atoms with Crippen molar-refractivity contribution in [3.8, 4) is 0 Å². The Morgan fingerprint density at radius 3 is 2.50 bits per heavy atom. The topological polar surface area (TPSA) is 62.5 Å². The molecule has 0 heterocycles. The molecular weight excluding hydrogens is 204 g/mol. The van der Waals surface area contributed by atoms with Crippen LogP contribution in [0.5, 0.6) is 0 Å². The van der Waals surface area contributed by atoms with Crippen molar-refractivity contribution in [2.24, 2.45) is 4.99 Å². The van der Waals surface area contributed by atoms with E-state index in [1.807, 2.05) is 30.3 Å². The van der Waals surface area contributed by atoms with E-state index in [-0.39, 0.29) is 12.3 Å². The first kappa shape index (κ1) is 12.1. The standard InChI is InChI=1S/C12H14N2O2/c1-9(13)10(2)14-12(15)16-8-11-6-4-3-5-7-11/h3-7,13H,8H2,1-2H3.